The van der Waals surface area contributed by atoms with Crippen LogP contribution in [0.2, 0.25) is 0 Å². The van der Waals surface area contributed by atoms with E-state index in [0.717, 1.165) is 16.7 Å². The Morgan fingerprint density at radius 3 is 2.04 bits per heavy atom. The van der Waals surface area contributed by atoms with Crippen LogP contribution in [0, 0.1) is 12.7 Å². The molecule has 0 radical (unpaired) electrons. The monoisotopic (exact) mass is 312 g/mol. The third kappa shape index (κ3) is 2.69. The van der Waals surface area contributed by atoms with Crippen LogP contribution < -0.4 is 0 Å². The minimum absolute atomic E-state index is 0.192. The Kier molecular flexibility index (Phi) is 3.62. The van der Waals surface area contributed by atoms with E-state index in [-0.39, 0.29) is 5.82 Å². The van der Waals surface area contributed by atoms with Gasteiger partial charge in [-0.3, -0.25) is 0 Å². The standard InChI is InChI=1S/C23H17F/c1-16-7-8-19-14-20(10-9-18(19)13-16)21-11-12-22(23(24)15-21)17-5-3-2-4-6-17/h2-15H,1H3. The van der Waals surface area contributed by atoms with Crippen molar-refractivity contribution in [2.75, 3.05) is 0 Å². The molecule has 116 valence electrons. The molecule has 0 saturated carbocycles. The summed E-state index contributed by atoms with van der Waals surface area (Å²) < 4.78 is 14.6. The minimum atomic E-state index is -0.192. The third-order valence-corrected chi connectivity index (χ3v) is 4.38. The summed E-state index contributed by atoms with van der Waals surface area (Å²) in [4.78, 5) is 0. The Balaban J connectivity index is 1.77. The lowest BCUT2D eigenvalue weighted by Gasteiger charge is -2.08. The average Bonchev–Trinajstić information content (AvgIpc) is 2.62. The van der Waals surface area contributed by atoms with E-state index in [2.05, 4.69) is 43.3 Å². The van der Waals surface area contributed by atoms with Crippen molar-refractivity contribution in [3.05, 3.63) is 96.3 Å². The van der Waals surface area contributed by atoms with E-state index >= 15 is 0 Å². The molecule has 0 atom stereocenters. The van der Waals surface area contributed by atoms with E-state index in [1.807, 2.05) is 42.5 Å². The van der Waals surface area contributed by atoms with Crippen molar-refractivity contribution in [2.24, 2.45) is 0 Å². The maximum absolute atomic E-state index is 14.6. The lowest BCUT2D eigenvalue weighted by molar-refractivity contribution is 0.632. The van der Waals surface area contributed by atoms with Crippen LogP contribution in [0.25, 0.3) is 33.0 Å². The Hall–Kier alpha value is -2.93. The number of fused-ring (bicyclic) bond motifs is 1. The molecule has 0 amide bonds. The zero-order valence-electron chi connectivity index (χ0n) is 13.5. The Morgan fingerprint density at radius 1 is 0.583 bits per heavy atom. The van der Waals surface area contributed by atoms with Gasteiger partial charge in [0.1, 0.15) is 5.82 Å². The first-order chi connectivity index (χ1) is 11.7. The van der Waals surface area contributed by atoms with Gasteiger partial charge in [-0.25, -0.2) is 4.39 Å². The second-order valence-electron chi connectivity index (χ2n) is 6.13. The van der Waals surface area contributed by atoms with Crippen LogP contribution in [-0.4, -0.2) is 0 Å². The molecule has 0 heterocycles. The van der Waals surface area contributed by atoms with E-state index in [1.54, 1.807) is 6.07 Å². The molecule has 0 aromatic heterocycles. The maximum atomic E-state index is 14.6. The molecule has 24 heavy (non-hydrogen) atoms. The molecular weight excluding hydrogens is 295 g/mol. The highest BCUT2D eigenvalue weighted by atomic mass is 19.1. The summed E-state index contributed by atoms with van der Waals surface area (Å²) in [7, 11) is 0. The van der Waals surface area contributed by atoms with Gasteiger partial charge in [-0.2, -0.15) is 0 Å². The summed E-state index contributed by atoms with van der Waals surface area (Å²) in [5.41, 5.74) is 4.71. The van der Waals surface area contributed by atoms with Crippen LogP contribution in [0.4, 0.5) is 4.39 Å². The molecule has 0 fully saturated rings. The number of halogens is 1. The molecule has 4 aromatic rings. The van der Waals surface area contributed by atoms with Gasteiger partial charge < -0.3 is 0 Å². The summed E-state index contributed by atoms with van der Waals surface area (Å²) in [6, 6.07) is 27.8. The van der Waals surface area contributed by atoms with E-state index in [0.29, 0.717) is 5.56 Å². The van der Waals surface area contributed by atoms with E-state index in [9.17, 15) is 4.39 Å². The smallest absolute Gasteiger partial charge is 0.131 e. The fourth-order valence-electron chi connectivity index (χ4n) is 3.09. The first kappa shape index (κ1) is 14.6. The molecule has 1 heteroatoms. The fourth-order valence-corrected chi connectivity index (χ4v) is 3.09. The zero-order valence-corrected chi connectivity index (χ0v) is 13.5. The largest absolute Gasteiger partial charge is 0.206 e. The lowest BCUT2D eigenvalue weighted by atomic mass is 9.97. The molecule has 0 aliphatic rings. The molecule has 0 aliphatic heterocycles. The highest BCUT2D eigenvalue weighted by Crippen LogP contribution is 2.29. The average molecular weight is 312 g/mol. The van der Waals surface area contributed by atoms with Crippen LogP contribution in [0.15, 0.2) is 84.9 Å². The van der Waals surface area contributed by atoms with Gasteiger partial charge in [0.15, 0.2) is 0 Å². The van der Waals surface area contributed by atoms with Gasteiger partial charge in [0.25, 0.3) is 0 Å². The summed E-state index contributed by atoms with van der Waals surface area (Å²) >= 11 is 0. The highest BCUT2D eigenvalue weighted by Gasteiger charge is 2.07. The summed E-state index contributed by atoms with van der Waals surface area (Å²) in [5, 5.41) is 2.38. The number of aryl methyl sites for hydroxylation is 1. The summed E-state index contributed by atoms with van der Waals surface area (Å²) in [6.07, 6.45) is 0. The SMILES string of the molecule is Cc1ccc2cc(-c3ccc(-c4ccccc4)c(F)c3)ccc2c1. The highest BCUT2D eigenvalue weighted by molar-refractivity contribution is 5.88. The normalized spacial score (nSPS) is 10.9. The van der Waals surface area contributed by atoms with Gasteiger partial charge in [-0.1, -0.05) is 78.4 Å². The molecule has 0 nitrogen and oxygen atoms in total. The Morgan fingerprint density at radius 2 is 1.25 bits per heavy atom. The lowest BCUT2D eigenvalue weighted by Crippen LogP contribution is -1.87. The Labute approximate surface area is 141 Å². The van der Waals surface area contributed by atoms with Crippen molar-refractivity contribution in [1.82, 2.24) is 0 Å². The molecule has 4 rings (SSSR count). The quantitative estimate of drug-likeness (QED) is 0.390. The van der Waals surface area contributed by atoms with E-state index < -0.39 is 0 Å². The van der Waals surface area contributed by atoms with Gasteiger partial charge in [-0.05, 0) is 46.5 Å². The molecule has 0 aliphatic carbocycles. The van der Waals surface area contributed by atoms with Gasteiger partial charge in [-0.15, -0.1) is 0 Å². The maximum Gasteiger partial charge on any atom is 0.131 e. The van der Waals surface area contributed by atoms with Crippen molar-refractivity contribution in [3.63, 3.8) is 0 Å². The first-order valence-electron chi connectivity index (χ1n) is 8.06. The molecule has 0 unspecified atom stereocenters. The van der Waals surface area contributed by atoms with Gasteiger partial charge in [0, 0.05) is 5.56 Å². The number of hydrogen-bond donors (Lipinski definition) is 0. The van der Waals surface area contributed by atoms with Crippen molar-refractivity contribution in [2.45, 2.75) is 6.92 Å². The predicted molar refractivity (Wildman–Crippen MR) is 99.5 cm³/mol. The van der Waals surface area contributed by atoms with Crippen LogP contribution in [-0.2, 0) is 0 Å². The van der Waals surface area contributed by atoms with E-state index in [1.165, 1.54) is 16.3 Å². The molecule has 4 aromatic carbocycles. The summed E-state index contributed by atoms with van der Waals surface area (Å²) in [5.74, 6) is -0.192. The van der Waals surface area contributed by atoms with Gasteiger partial charge >= 0.3 is 0 Å². The molecule has 0 spiro atoms. The topological polar surface area (TPSA) is 0 Å². The molecule has 0 saturated heterocycles. The van der Waals surface area contributed by atoms with Crippen molar-refractivity contribution < 1.29 is 4.39 Å². The van der Waals surface area contributed by atoms with Crippen molar-refractivity contribution >= 4 is 10.8 Å². The number of rotatable bonds is 2. The van der Waals surface area contributed by atoms with E-state index in [4.69, 9.17) is 0 Å². The van der Waals surface area contributed by atoms with Crippen LogP contribution in [0.1, 0.15) is 5.56 Å². The molecule has 0 N–H and O–H groups in total. The molecular formula is C23H17F. The third-order valence-electron chi connectivity index (χ3n) is 4.38. The Bertz CT molecular complexity index is 1020. The number of hydrogen-bond acceptors (Lipinski definition) is 0. The zero-order chi connectivity index (χ0) is 16.5. The van der Waals surface area contributed by atoms with Gasteiger partial charge in [0.2, 0.25) is 0 Å². The fraction of sp³-hybridized carbons (Fsp3) is 0.0435. The predicted octanol–water partition coefficient (Wildman–Crippen LogP) is 6.62. The second kappa shape index (κ2) is 5.93. The number of benzene rings is 4. The molecule has 0 bridgehead atoms. The van der Waals surface area contributed by atoms with Crippen LogP contribution in [0.3, 0.4) is 0 Å². The van der Waals surface area contributed by atoms with Crippen LogP contribution in [0.5, 0.6) is 0 Å². The second-order valence-corrected chi connectivity index (χ2v) is 6.13. The first-order valence-corrected chi connectivity index (χ1v) is 8.06. The van der Waals surface area contributed by atoms with Crippen molar-refractivity contribution in [3.8, 4) is 22.3 Å². The van der Waals surface area contributed by atoms with Crippen molar-refractivity contribution in [1.29, 1.82) is 0 Å². The summed E-state index contributed by atoms with van der Waals surface area (Å²) in [6.45, 7) is 2.09. The van der Waals surface area contributed by atoms with Crippen LogP contribution >= 0.6 is 0 Å². The minimum Gasteiger partial charge on any atom is -0.206 e. The van der Waals surface area contributed by atoms with Gasteiger partial charge in [0.05, 0.1) is 0 Å².